The van der Waals surface area contributed by atoms with Crippen molar-refractivity contribution >= 4 is 55.6 Å². The summed E-state index contributed by atoms with van der Waals surface area (Å²) in [6.07, 6.45) is 3.64. The first-order valence-electron chi connectivity index (χ1n) is 9.11. The molecular weight excluding hydrogens is 352 g/mol. The Morgan fingerprint density at radius 3 is 2.62 bits per heavy atom. The van der Waals surface area contributed by atoms with Crippen molar-refractivity contribution in [2.24, 2.45) is 0 Å². The summed E-state index contributed by atoms with van der Waals surface area (Å²) < 4.78 is 1.46. The van der Waals surface area contributed by atoms with Gasteiger partial charge in [-0.05, 0) is 65.4 Å². The predicted octanol–water partition coefficient (Wildman–Crippen LogP) is 7.24. The molecule has 2 heterocycles. The molecule has 0 saturated heterocycles. The van der Waals surface area contributed by atoms with Gasteiger partial charge < -0.3 is 0 Å². The van der Waals surface area contributed by atoms with Crippen LogP contribution >= 0.6 is 23.1 Å². The van der Waals surface area contributed by atoms with Crippen LogP contribution in [-0.2, 0) is 6.42 Å². The van der Waals surface area contributed by atoms with Crippen molar-refractivity contribution < 1.29 is 0 Å². The summed E-state index contributed by atoms with van der Waals surface area (Å²) in [6.45, 7) is 4.36. The standard InChI is InChI=1S/C24H18S2/c1-13-3-6-16-15(9-13)5-8-18-20-11-19-17-7-4-14(2)10-21(17)25-22(19)12-23(20)26-24(16)18/h3-11,22H,12H2,1-2H3. The smallest absolute Gasteiger partial charge is 0.0430 e. The summed E-state index contributed by atoms with van der Waals surface area (Å²) in [6, 6.07) is 18.4. The summed E-state index contributed by atoms with van der Waals surface area (Å²) in [4.78, 5) is 3.01. The number of aryl methyl sites for hydroxylation is 2. The topological polar surface area (TPSA) is 0 Å². The molecule has 0 spiro atoms. The normalized spacial score (nSPS) is 17.9. The highest BCUT2D eigenvalue weighted by atomic mass is 32.2. The van der Waals surface area contributed by atoms with Gasteiger partial charge >= 0.3 is 0 Å². The summed E-state index contributed by atoms with van der Waals surface area (Å²) in [5.74, 6) is 0. The Morgan fingerprint density at radius 2 is 1.69 bits per heavy atom. The molecule has 0 saturated carbocycles. The van der Waals surface area contributed by atoms with Gasteiger partial charge in [-0.15, -0.1) is 23.1 Å². The fraction of sp³-hybridized carbons (Fsp3) is 0.167. The molecule has 3 aromatic carbocycles. The number of thioether (sulfide) groups is 1. The third-order valence-electron chi connectivity index (χ3n) is 5.68. The maximum Gasteiger partial charge on any atom is 0.0430 e. The molecule has 126 valence electrons. The Morgan fingerprint density at radius 1 is 0.885 bits per heavy atom. The van der Waals surface area contributed by atoms with Gasteiger partial charge in [0, 0.05) is 25.1 Å². The number of hydrogen-bond donors (Lipinski definition) is 0. The number of benzene rings is 3. The van der Waals surface area contributed by atoms with Gasteiger partial charge in [-0.25, -0.2) is 0 Å². The molecule has 26 heavy (non-hydrogen) atoms. The monoisotopic (exact) mass is 370 g/mol. The average molecular weight is 371 g/mol. The van der Waals surface area contributed by atoms with E-state index in [0.29, 0.717) is 5.25 Å². The van der Waals surface area contributed by atoms with Crippen LogP contribution in [0.25, 0.3) is 32.5 Å². The largest absolute Gasteiger partial charge is 0.139 e. The number of thiophene rings is 1. The first-order valence-corrected chi connectivity index (χ1v) is 10.8. The second kappa shape index (κ2) is 5.25. The SMILES string of the molecule is Cc1ccc2c(c1)SC1Cc3sc4c(ccc5cc(C)ccc54)c3C=C21. The Balaban J connectivity index is 1.60. The van der Waals surface area contributed by atoms with Gasteiger partial charge in [-0.2, -0.15) is 0 Å². The van der Waals surface area contributed by atoms with E-state index in [-0.39, 0.29) is 0 Å². The van der Waals surface area contributed by atoms with Crippen LogP contribution in [0.4, 0.5) is 0 Å². The zero-order valence-electron chi connectivity index (χ0n) is 14.8. The van der Waals surface area contributed by atoms with Crippen molar-refractivity contribution in [3.05, 3.63) is 75.7 Å². The fourth-order valence-electron chi connectivity index (χ4n) is 4.38. The molecule has 0 nitrogen and oxygen atoms in total. The molecule has 6 rings (SSSR count). The van der Waals surface area contributed by atoms with E-state index >= 15 is 0 Å². The van der Waals surface area contributed by atoms with Crippen molar-refractivity contribution in [2.45, 2.75) is 30.4 Å². The molecule has 1 unspecified atom stereocenters. The first kappa shape index (κ1) is 15.1. The lowest BCUT2D eigenvalue weighted by molar-refractivity contribution is 1.06. The molecular formula is C24H18S2. The minimum atomic E-state index is 0.584. The molecule has 1 aliphatic heterocycles. The van der Waals surface area contributed by atoms with Crippen molar-refractivity contribution in [3.63, 3.8) is 0 Å². The number of rotatable bonds is 0. The second-order valence-corrected chi connectivity index (χ2v) is 9.87. The quantitative estimate of drug-likeness (QED) is 0.314. The van der Waals surface area contributed by atoms with Gasteiger partial charge in [-0.1, -0.05) is 48.0 Å². The predicted molar refractivity (Wildman–Crippen MR) is 116 cm³/mol. The molecule has 2 aliphatic rings. The number of fused-ring (bicyclic) bond motifs is 8. The van der Waals surface area contributed by atoms with Crippen LogP contribution in [0.5, 0.6) is 0 Å². The Kier molecular flexibility index (Phi) is 3.04. The van der Waals surface area contributed by atoms with Crippen molar-refractivity contribution in [3.8, 4) is 0 Å². The van der Waals surface area contributed by atoms with Crippen molar-refractivity contribution in [2.75, 3.05) is 0 Å². The molecule has 2 heteroatoms. The Bertz CT molecular complexity index is 1260. The lowest BCUT2D eigenvalue weighted by Crippen LogP contribution is -2.08. The van der Waals surface area contributed by atoms with Gasteiger partial charge in [0.25, 0.3) is 0 Å². The van der Waals surface area contributed by atoms with Crippen LogP contribution in [0.1, 0.15) is 27.1 Å². The maximum atomic E-state index is 2.48. The van der Waals surface area contributed by atoms with Crippen LogP contribution in [0.3, 0.4) is 0 Å². The van der Waals surface area contributed by atoms with Gasteiger partial charge in [0.15, 0.2) is 0 Å². The molecule has 0 N–H and O–H groups in total. The van der Waals surface area contributed by atoms with E-state index in [0.717, 1.165) is 6.42 Å². The van der Waals surface area contributed by atoms with Crippen LogP contribution in [0.15, 0.2) is 53.4 Å². The Hall–Kier alpha value is -2.03. The van der Waals surface area contributed by atoms with Crippen molar-refractivity contribution in [1.29, 1.82) is 0 Å². The molecule has 0 radical (unpaired) electrons. The third-order valence-corrected chi connectivity index (χ3v) is 8.25. The molecule has 1 aliphatic carbocycles. The van der Waals surface area contributed by atoms with Crippen molar-refractivity contribution in [1.82, 2.24) is 0 Å². The third kappa shape index (κ3) is 2.03. The summed E-state index contributed by atoms with van der Waals surface area (Å²) in [5.41, 5.74) is 7.14. The molecule has 4 aromatic rings. The lowest BCUT2D eigenvalue weighted by Gasteiger charge is -2.17. The maximum absolute atomic E-state index is 2.48. The van der Waals surface area contributed by atoms with E-state index in [4.69, 9.17) is 0 Å². The van der Waals surface area contributed by atoms with Gasteiger partial charge in [0.05, 0.1) is 0 Å². The Labute approximate surface area is 161 Å². The minimum Gasteiger partial charge on any atom is -0.139 e. The lowest BCUT2D eigenvalue weighted by atomic mass is 9.91. The van der Waals surface area contributed by atoms with E-state index < -0.39 is 0 Å². The zero-order valence-corrected chi connectivity index (χ0v) is 16.4. The first-order chi connectivity index (χ1) is 12.7. The average Bonchev–Trinajstić information content (AvgIpc) is 3.15. The van der Waals surface area contributed by atoms with Gasteiger partial charge in [0.2, 0.25) is 0 Å². The molecule has 1 aromatic heterocycles. The van der Waals surface area contributed by atoms with Gasteiger partial charge in [0.1, 0.15) is 0 Å². The second-order valence-electron chi connectivity index (χ2n) is 7.52. The van der Waals surface area contributed by atoms with Crippen LogP contribution in [-0.4, -0.2) is 5.25 Å². The van der Waals surface area contributed by atoms with Crippen LogP contribution < -0.4 is 0 Å². The van der Waals surface area contributed by atoms with E-state index in [9.17, 15) is 0 Å². The molecule has 1 atom stereocenters. The van der Waals surface area contributed by atoms with Crippen LogP contribution in [0.2, 0.25) is 0 Å². The molecule has 0 bridgehead atoms. The van der Waals surface area contributed by atoms with E-state index in [1.807, 2.05) is 11.3 Å². The number of hydrogen-bond acceptors (Lipinski definition) is 2. The summed E-state index contributed by atoms with van der Waals surface area (Å²) in [7, 11) is 0. The molecule has 0 amide bonds. The summed E-state index contributed by atoms with van der Waals surface area (Å²) >= 11 is 4.06. The van der Waals surface area contributed by atoms with Gasteiger partial charge in [-0.3, -0.25) is 0 Å². The summed E-state index contributed by atoms with van der Waals surface area (Å²) in [5, 5.41) is 4.78. The zero-order chi connectivity index (χ0) is 17.4. The molecule has 0 fully saturated rings. The fourth-order valence-corrected chi connectivity index (χ4v) is 7.29. The highest BCUT2D eigenvalue weighted by molar-refractivity contribution is 8.01. The minimum absolute atomic E-state index is 0.584. The highest BCUT2D eigenvalue weighted by Crippen LogP contribution is 2.52. The van der Waals surface area contributed by atoms with Crippen LogP contribution in [0, 0.1) is 13.8 Å². The van der Waals surface area contributed by atoms with E-state index in [1.165, 1.54) is 53.6 Å². The highest BCUT2D eigenvalue weighted by Gasteiger charge is 2.32. The van der Waals surface area contributed by atoms with E-state index in [1.54, 1.807) is 4.88 Å². The van der Waals surface area contributed by atoms with E-state index in [2.05, 4.69) is 80.2 Å².